The van der Waals surface area contributed by atoms with Crippen LogP contribution in [0.5, 0.6) is 5.75 Å². The molecule has 3 atom stereocenters. The molecule has 4 rings (SSSR count). The first-order chi connectivity index (χ1) is 19.8. The van der Waals surface area contributed by atoms with Crippen LogP contribution in [0.25, 0.3) is 0 Å². The highest BCUT2D eigenvalue weighted by molar-refractivity contribution is 7.85. The molecule has 0 spiro atoms. The van der Waals surface area contributed by atoms with Gasteiger partial charge in [0.1, 0.15) is 23.5 Å². The lowest BCUT2D eigenvalue weighted by atomic mass is 9.81. The third-order valence-corrected chi connectivity index (χ3v) is 8.48. The smallest absolute Gasteiger partial charge is 0.408 e. The molecule has 1 N–H and O–H groups in total. The molecule has 0 saturated carbocycles. The molecule has 3 aromatic carbocycles. The molecular formula is C33H40ClNO6S. The van der Waals surface area contributed by atoms with E-state index in [1.807, 2.05) is 56.3 Å². The van der Waals surface area contributed by atoms with Gasteiger partial charge in [-0.05, 0) is 76.9 Å². The summed E-state index contributed by atoms with van der Waals surface area (Å²) in [7, 11) is -1.53. The third kappa shape index (κ3) is 7.92. The Kier molecular flexibility index (Phi) is 10.0. The molecule has 7 nitrogen and oxygen atoms in total. The van der Waals surface area contributed by atoms with Gasteiger partial charge in [-0.3, -0.25) is 0 Å². The molecule has 1 aliphatic rings. The van der Waals surface area contributed by atoms with Crippen molar-refractivity contribution in [3.05, 3.63) is 88.9 Å². The Morgan fingerprint density at radius 2 is 1.76 bits per heavy atom. The van der Waals surface area contributed by atoms with Gasteiger partial charge in [-0.25, -0.2) is 9.00 Å². The Morgan fingerprint density at radius 1 is 1.05 bits per heavy atom. The molecule has 226 valence electrons. The van der Waals surface area contributed by atoms with Gasteiger partial charge in [0, 0.05) is 20.4 Å². The number of benzene rings is 3. The van der Waals surface area contributed by atoms with Crippen LogP contribution in [0.2, 0.25) is 5.02 Å². The fraction of sp³-hybridized carbons (Fsp3) is 0.424. The molecule has 0 aliphatic carbocycles. The number of alkyl carbamates (subject to hydrolysis) is 1. The molecule has 1 heterocycles. The van der Waals surface area contributed by atoms with E-state index in [0.29, 0.717) is 39.2 Å². The first kappa shape index (κ1) is 32.0. The molecule has 3 unspecified atom stereocenters. The number of ether oxygens (including phenoxy) is 4. The lowest BCUT2D eigenvalue weighted by Crippen LogP contribution is -2.64. The number of carbonyl (C=O) groups excluding carboxylic acids is 1. The minimum atomic E-state index is -1.53. The molecule has 0 aromatic heterocycles. The van der Waals surface area contributed by atoms with Gasteiger partial charge >= 0.3 is 6.09 Å². The lowest BCUT2D eigenvalue weighted by Gasteiger charge is -2.50. The Hall–Kier alpha value is -2.91. The van der Waals surface area contributed by atoms with Crippen LogP contribution >= 0.6 is 11.6 Å². The molecular weight excluding hydrogens is 574 g/mol. The van der Waals surface area contributed by atoms with Crippen molar-refractivity contribution in [2.75, 3.05) is 6.61 Å². The van der Waals surface area contributed by atoms with Crippen molar-refractivity contribution < 1.29 is 28.0 Å². The largest absolute Gasteiger partial charge is 0.489 e. The van der Waals surface area contributed by atoms with Crippen LogP contribution < -0.4 is 10.1 Å². The first-order valence-electron chi connectivity index (χ1n) is 14.1. The zero-order valence-electron chi connectivity index (χ0n) is 25.1. The van der Waals surface area contributed by atoms with Gasteiger partial charge in [0.25, 0.3) is 0 Å². The van der Waals surface area contributed by atoms with Crippen molar-refractivity contribution in [2.24, 2.45) is 0 Å². The highest BCUT2D eigenvalue weighted by Crippen LogP contribution is 2.42. The second-order valence-corrected chi connectivity index (χ2v) is 13.7. The average Bonchev–Trinajstić information content (AvgIpc) is 2.93. The number of halogens is 1. The first-order valence-corrected chi connectivity index (χ1v) is 15.7. The zero-order chi connectivity index (χ0) is 30.5. The topological polar surface area (TPSA) is 83.1 Å². The number of carbonyl (C=O) groups is 1. The summed E-state index contributed by atoms with van der Waals surface area (Å²) in [5.41, 5.74) is -0.188. The van der Waals surface area contributed by atoms with Crippen molar-refractivity contribution in [1.82, 2.24) is 5.32 Å². The minimum Gasteiger partial charge on any atom is -0.489 e. The van der Waals surface area contributed by atoms with Gasteiger partial charge in [-0.1, -0.05) is 67.4 Å². The summed E-state index contributed by atoms with van der Waals surface area (Å²) in [6.45, 7) is 11.7. The maximum Gasteiger partial charge on any atom is 0.408 e. The Morgan fingerprint density at radius 3 is 2.43 bits per heavy atom. The van der Waals surface area contributed by atoms with Crippen molar-refractivity contribution in [3.8, 4) is 5.75 Å². The Bertz CT molecular complexity index is 1410. The monoisotopic (exact) mass is 613 g/mol. The predicted molar refractivity (Wildman–Crippen MR) is 164 cm³/mol. The SMILES string of the molecule is CCCC1OC(C)(C)OCC1(NC(=O)OC(C)(C)C)c1ccc(S(=O)c2cccc(OCc3ccccc3)c2)cc1Cl. The zero-order valence-corrected chi connectivity index (χ0v) is 26.6. The minimum absolute atomic E-state index is 0.118. The van der Waals surface area contributed by atoms with Crippen LogP contribution in [0.3, 0.4) is 0 Å². The maximum absolute atomic E-state index is 13.6. The van der Waals surface area contributed by atoms with E-state index in [2.05, 4.69) is 12.2 Å². The van der Waals surface area contributed by atoms with Crippen LogP contribution in [-0.4, -0.2) is 34.4 Å². The van der Waals surface area contributed by atoms with Gasteiger partial charge < -0.3 is 24.3 Å². The summed E-state index contributed by atoms with van der Waals surface area (Å²) in [6, 6.07) is 22.3. The third-order valence-electron chi connectivity index (χ3n) is 6.80. The summed E-state index contributed by atoms with van der Waals surface area (Å²) >= 11 is 6.92. The van der Waals surface area contributed by atoms with E-state index in [4.69, 9.17) is 30.5 Å². The van der Waals surface area contributed by atoms with Crippen molar-refractivity contribution in [1.29, 1.82) is 0 Å². The number of nitrogens with one attached hydrogen (secondary N) is 1. The molecule has 1 aliphatic heterocycles. The highest BCUT2D eigenvalue weighted by Gasteiger charge is 2.51. The highest BCUT2D eigenvalue weighted by atomic mass is 35.5. The summed E-state index contributed by atoms with van der Waals surface area (Å²) in [6.07, 6.45) is 0.390. The van der Waals surface area contributed by atoms with Crippen molar-refractivity contribution >= 4 is 28.5 Å². The van der Waals surface area contributed by atoms with E-state index in [1.165, 1.54) is 0 Å². The maximum atomic E-state index is 13.6. The Balaban J connectivity index is 1.63. The van der Waals surface area contributed by atoms with Crippen LogP contribution in [0.15, 0.2) is 82.6 Å². The Labute approximate surface area is 256 Å². The molecule has 42 heavy (non-hydrogen) atoms. The van der Waals surface area contributed by atoms with Gasteiger partial charge in [0.05, 0.1) is 23.5 Å². The average molecular weight is 614 g/mol. The second kappa shape index (κ2) is 13.2. The quantitative estimate of drug-likeness (QED) is 0.266. The molecule has 0 radical (unpaired) electrons. The van der Waals surface area contributed by atoms with Crippen LogP contribution in [-0.2, 0) is 37.2 Å². The number of hydrogen-bond acceptors (Lipinski definition) is 6. The fourth-order valence-electron chi connectivity index (χ4n) is 4.88. The van der Waals surface area contributed by atoms with Gasteiger partial charge in [0.2, 0.25) is 0 Å². The van der Waals surface area contributed by atoms with Crippen molar-refractivity contribution in [2.45, 2.75) is 93.8 Å². The fourth-order valence-corrected chi connectivity index (χ4v) is 6.40. The van der Waals surface area contributed by atoms with Crippen LogP contribution in [0.4, 0.5) is 4.79 Å². The van der Waals surface area contributed by atoms with E-state index in [9.17, 15) is 9.00 Å². The van der Waals surface area contributed by atoms with Crippen LogP contribution in [0.1, 0.15) is 65.5 Å². The molecule has 1 saturated heterocycles. The van der Waals surface area contributed by atoms with E-state index in [1.54, 1.807) is 51.1 Å². The van der Waals surface area contributed by atoms with Crippen molar-refractivity contribution in [3.63, 3.8) is 0 Å². The molecule has 0 bridgehead atoms. The predicted octanol–water partition coefficient (Wildman–Crippen LogP) is 7.76. The van der Waals surface area contributed by atoms with Gasteiger partial charge in [-0.2, -0.15) is 0 Å². The molecule has 1 amide bonds. The summed E-state index contributed by atoms with van der Waals surface area (Å²) < 4.78 is 37.6. The number of rotatable bonds is 9. The molecule has 3 aromatic rings. The summed E-state index contributed by atoms with van der Waals surface area (Å²) in [4.78, 5) is 14.2. The van der Waals surface area contributed by atoms with E-state index >= 15 is 0 Å². The van der Waals surface area contributed by atoms with E-state index < -0.39 is 39.9 Å². The summed E-state index contributed by atoms with van der Waals surface area (Å²) in [5, 5.41) is 3.38. The second-order valence-electron chi connectivity index (χ2n) is 11.8. The lowest BCUT2D eigenvalue weighted by molar-refractivity contribution is -0.305. The standard InChI is InChI=1S/C33H40ClNO6S/c1-7-12-29-33(22-39-32(5,6)40-29,35-30(36)41-31(2,3)4)27-18-17-26(20-28(27)34)42(37)25-16-11-15-24(19-25)38-21-23-13-9-8-10-14-23/h8-11,13-20,29H,7,12,21-22H2,1-6H3,(H,35,36). The number of hydrogen-bond donors (Lipinski definition) is 1. The molecule has 1 fully saturated rings. The number of amides is 1. The van der Waals surface area contributed by atoms with Crippen LogP contribution in [0, 0.1) is 0 Å². The summed E-state index contributed by atoms with van der Waals surface area (Å²) in [5.74, 6) is -0.227. The normalized spacial score (nSPS) is 20.9. The van der Waals surface area contributed by atoms with E-state index in [0.717, 1.165) is 12.0 Å². The molecule has 9 heteroatoms. The van der Waals surface area contributed by atoms with Gasteiger partial charge in [-0.15, -0.1) is 0 Å². The van der Waals surface area contributed by atoms with Gasteiger partial charge in [0.15, 0.2) is 5.79 Å². The van der Waals surface area contributed by atoms with E-state index in [-0.39, 0.29) is 6.61 Å².